The Hall–Kier alpha value is -2.10. The molecule has 0 aromatic heterocycles. The molecular weight excluding hydrogens is 368 g/mol. The molecule has 0 aliphatic rings. The molecule has 0 bridgehead atoms. The van der Waals surface area contributed by atoms with Gasteiger partial charge in [0.2, 0.25) is 9.84 Å². The van der Waals surface area contributed by atoms with Gasteiger partial charge < -0.3 is 10.2 Å². The van der Waals surface area contributed by atoms with Crippen molar-refractivity contribution in [3.05, 3.63) is 42.0 Å². The van der Waals surface area contributed by atoms with E-state index >= 15 is 0 Å². The second kappa shape index (κ2) is 6.01. The van der Waals surface area contributed by atoms with E-state index in [0.29, 0.717) is 12.1 Å². The van der Waals surface area contributed by atoms with Gasteiger partial charge in [-0.05, 0) is 23.1 Å². The number of benzene rings is 2. The first-order valence-corrected chi connectivity index (χ1v) is 10.1. The Morgan fingerprint density at radius 2 is 1.24 bits per heavy atom. The smallest absolute Gasteiger partial charge is 0.298 e. The average molecular weight is 386 g/mol. The third-order valence-electron chi connectivity index (χ3n) is 3.64. The van der Waals surface area contributed by atoms with Gasteiger partial charge in [-0.15, -0.1) is 0 Å². The predicted octanol–water partition coefficient (Wildman–Crippen LogP) is 2.47. The highest BCUT2D eigenvalue weighted by molar-refractivity contribution is 7.91. The minimum atomic E-state index is -4.81. The molecule has 0 saturated carbocycles. The van der Waals surface area contributed by atoms with Crippen LogP contribution in [0.3, 0.4) is 0 Å². The summed E-state index contributed by atoms with van der Waals surface area (Å²) in [7, 11) is -9.01. The summed E-state index contributed by atoms with van der Waals surface area (Å²) in [6.45, 7) is 5.90. The molecule has 0 saturated heterocycles. The molecule has 2 rings (SSSR count). The molecule has 0 atom stereocenters. The van der Waals surface area contributed by atoms with E-state index in [1.807, 2.05) is 20.8 Å². The summed E-state index contributed by atoms with van der Waals surface area (Å²) in [6, 6.07) is 7.07. The lowest BCUT2D eigenvalue weighted by atomic mass is 9.87. The molecule has 0 fully saturated rings. The monoisotopic (exact) mass is 386 g/mol. The topological polar surface area (TPSA) is 129 Å². The average Bonchev–Trinajstić information content (AvgIpc) is 2.47. The van der Waals surface area contributed by atoms with Crippen LogP contribution in [-0.4, -0.2) is 31.6 Å². The summed E-state index contributed by atoms with van der Waals surface area (Å²) in [5.41, 5.74) is 0.722. The fraction of sp³-hybridized carbons (Fsp3) is 0.250. The molecule has 0 heterocycles. The summed E-state index contributed by atoms with van der Waals surface area (Å²) in [5.74, 6) is -1.88. The van der Waals surface area contributed by atoms with Crippen LogP contribution in [0.15, 0.2) is 51.1 Å². The van der Waals surface area contributed by atoms with Gasteiger partial charge in [-0.2, -0.15) is 8.42 Å². The summed E-state index contributed by atoms with van der Waals surface area (Å²) < 4.78 is 56.5. The minimum absolute atomic E-state index is 0.130. The van der Waals surface area contributed by atoms with Gasteiger partial charge in [0.25, 0.3) is 10.1 Å². The number of phenolic OH excluding ortho intramolecular Hbond substituents is 2. The van der Waals surface area contributed by atoms with Crippen LogP contribution in [0.2, 0.25) is 0 Å². The van der Waals surface area contributed by atoms with E-state index in [-0.39, 0.29) is 10.3 Å². The zero-order chi connectivity index (χ0) is 19.2. The lowest BCUT2D eigenvalue weighted by Crippen LogP contribution is -2.11. The lowest BCUT2D eigenvalue weighted by Gasteiger charge is -2.19. The van der Waals surface area contributed by atoms with Crippen molar-refractivity contribution in [1.82, 2.24) is 0 Å². The Morgan fingerprint density at radius 3 is 1.68 bits per heavy atom. The van der Waals surface area contributed by atoms with Crippen molar-refractivity contribution in [1.29, 1.82) is 0 Å². The molecule has 0 amide bonds. The van der Waals surface area contributed by atoms with Gasteiger partial charge in [-0.25, -0.2) is 8.42 Å². The molecule has 0 unspecified atom stereocenters. The minimum Gasteiger partial charge on any atom is -0.507 e. The lowest BCUT2D eigenvalue weighted by molar-refractivity contribution is 0.424. The van der Waals surface area contributed by atoms with Crippen LogP contribution in [0.1, 0.15) is 26.3 Å². The standard InChI is InChI=1S/C16H18O7S2/c1-16(2,3)10-4-6-11(7-5-10)24(19,20)14-8-13(18)15(9-12(14)17)25(21,22)23/h4-9,17-18H,1-3H3,(H,21,22,23). The van der Waals surface area contributed by atoms with Crippen molar-refractivity contribution in [3.8, 4) is 11.5 Å². The van der Waals surface area contributed by atoms with Crippen molar-refractivity contribution >= 4 is 20.0 Å². The number of aromatic hydroxyl groups is 2. The van der Waals surface area contributed by atoms with Crippen LogP contribution in [0.25, 0.3) is 0 Å². The quantitative estimate of drug-likeness (QED) is 0.546. The van der Waals surface area contributed by atoms with E-state index in [1.165, 1.54) is 12.1 Å². The maximum Gasteiger partial charge on any atom is 0.298 e. The van der Waals surface area contributed by atoms with Crippen molar-refractivity contribution < 1.29 is 31.6 Å². The highest BCUT2D eigenvalue weighted by Crippen LogP contribution is 2.36. The fourth-order valence-electron chi connectivity index (χ4n) is 2.22. The maximum atomic E-state index is 12.6. The maximum absolute atomic E-state index is 12.6. The van der Waals surface area contributed by atoms with E-state index in [4.69, 9.17) is 4.55 Å². The second-order valence-electron chi connectivity index (χ2n) is 6.54. The van der Waals surface area contributed by atoms with Gasteiger partial charge in [-0.3, -0.25) is 4.55 Å². The predicted molar refractivity (Wildman–Crippen MR) is 90.2 cm³/mol. The first-order valence-electron chi connectivity index (χ1n) is 7.13. The number of phenols is 2. The molecule has 3 N–H and O–H groups in total. The fourth-order valence-corrected chi connectivity index (χ4v) is 4.15. The first kappa shape index (κ1) is 19.2. The summed E-state index contributed by atoms with van der Waals surface area (Å²) in [6.07, 6.45) is 0. The van der Waals surface area contributed by atoms with Gasteiger partial charge in [0.15, 0.2) is 0 Å². The van der Waals surface area contributed by atoms with E-state index in [2.05, 4.69) is 0 Å². The highest BCUT2D eigenvalue weighted by atomic mass is 32.2. The van der Waals surface area contributed by atoms with E-state index < -0.39 is 41.2 Å². The van der Waals surface area contributed by atoms with Crippen molar-refractivity contribution in [2.45, 2.75) is 40.9 Å². The van der Waals surface area contributed by atoms with Crippen LogP contribution in [0.4, 0.5) is 0 Å². The van der Waals surface area contributed by atoms with Gasteiger partial charge in [0.05, 0.1) is 4.90 Å². The van der Waals surface area contributed by atoms with Crippen LogP contribution < -0.4 is 0 Å². The molecule has 0 aliphatic carbocycles. The normalized spacial score (nSPS) is 13.0. The summed E-state index contributed by atoms with van der Waals surface area (Å²) >= 11 is 0. The zero-order valence-corrected chi connectivity index (χ0v) is 15.4. The molecule has 2 aromatic rings. The molecule has 0 spiro atoms. The van der Waals surface area contributed by atoms with E-state index in [9.17, 15) is 27.0 Å². The van der Waals surface area contributed by atoms with Crippen LogP contribution in [0, 0.1) is 0 Å². The second-order valence-corrected chi connectivity index (χ2v) is 9.85. The SMILES string of the molecule is CC(C)(C)c1ccc(S(=O)(=O)c2cc(O)c(S(=O)(=O)O)cc2O)cc1. The van der Waals surface area contributed by atoms with Crippen LogP contribution >= 0.6 is 0 Å². The molecule has 9 heteroatoms. The molecule has 0 radical (unpaired) electrons. The largest absolute Gasteiger partial charge is 0.507 e. The van der Waals surface area contributed by atoms with E-state index in [0.717, 1.165) is 5.56 Å². The third kappa shape index (κ3) is 3.78. The Labute approximate surface area is 146 Å². The Kier molecular flexibility index (Phi) is 4.62. The van der Waals surface area contributed by atoms with Crippen LogP contribution in [-0.2, 0) is 25.4 Å². The van der Waals surface area contributed by atoms with Gasteiger partial charge >= 0.3 is 0 Å². The Bertz CT molecular complexity index is 1010. The number of hydrogen-bond donors (Lipinski definition) is 3. The molecule has 25 heavy (non-hydrogen) atoms. The van der Waals surface area contributed by atoms with E-state index in [1.54, 1.807) is 12.1 Å². The van der Waals surface area contributed by atoms with Crippen molar-refractivity contribution in [2.75, 3.05) is 0 Å². The van der Waals surface area contributed by atoms with Crippen molar-refractivity contribution in [2.24, 2.45) is 0 Å². The molecule has 7 nitrogen and oxygen atoms in total. The van der Waals surface area contributed by atoms with Gasteiger partial charge in [0.1, 0.15) is 21.3 Å². The van der Waals surface area contributed by atoms with Crippen LogP contribution in [0.5, 0.6) is 11.5 Å². The number of rotatable bonds is 3. The highest BCUT2D eigenvalue weighted by Gasteiger charge is 2.27. The number of hydrogen-bond acceptors (Lipinski definition) is 6. The van der Waals surface area contributed by atoms with Gasteiger partial charge in [0, 0.05) is 12.1 Å². The number of sulfone groups is 1. The van der Waals surface area contributed by atoms with Gasteiger partial charge in [-0.1, -0.05) is 32.9 Å². The molecule has 136 valence electrons. The first-order chi connectivity index (χ1) is 11.2. The third-order valence-corrected chi connectivity index (χ3v) is 6.32. The summed E-state index contributed by atoms with van der Waals surface area (Å²) in [4.78, 5) is -1.78. The molecule has 0 aliphatic heterocycles. The summed E-state index contributed by atoms with van der Waals surface area (Å²) in [5, 5.41) is 19.6. The zero-order valence-electron chi connectivity index (χ0n) is 13.8. The van der Waals surface area contributed by atoms with Crippen molar-refractivity contribution in [3.63, 3.8) is 0 Å². The molecule has 2 aromatic carbocycles. The Balaban J connectivity index is 2.59. The Morgan fingerprint density at radius 1 is 0.800 bits per heavy atom. The molecular formula is C16H18O7S2.